The summed E-state index contributed by atoms with van der Waals surface area (Å²) in [5.74, 6) is -5.62. The minimum atomic E-state index is -1.51. The predicted molar refractivity (Wildman–Crippen MR) is 124 cm³/mol. The summed E-state index contributed by atoms with van der Waals surface area (Å²) in [6.07, 6.45) is -6.96. The van der Waals surface area contributed by atoms with Gasteiger partial charge < -0.3 is 37.9 Å². The maximum absolute atomic E-state index is 12.6. The van der Waals surface area contributed by atoms with E-state index in [-0.39, 0.29) is 17.8 Å². The number of rotatable bonds is 8. The Morgan fingerprint density at radius 2 is 1.46 bits per heavy atom. The second-order valence-electron chi connectivity index (χ2n) is 9.42. The van der Waals surface area contributed by atoms with E-state index in [1.165, 1.54) is 7.11 Å². The van der Waals surface area contributed by atoms with Crippen LogP contribution in [0, 0.1) is 17.8 Å². The highest BCUT2D eigenvalue weighted by atomic mass is 16.8. The molecule has 0 amide bonds. The zero-order chi connectivity index (χ0) is 29.0. The number of ketones is 1. The van der Waals surface area contributed by atoms with E-state index in [1.54, 1.807) is 6.92 Å². The van der Waals surface area contributed by atoms with E-state index in [9.17, 15) is 28.8 Å². The number of Topliss-reactive ketones (excluding diaryl/α,β-unsaturated/α-hetero) is 1. The molecule has 0 aromatic carbocycles. The summed E-state index contributed by atoms with van der Waals surface area (Å²) in [5, 5.41) is 0. The molecule has 0 aromatic heterocycles. The molecular formula is C25H32O14. The monoisotopic (exact) mass is 556 g/mol. The zero-order valence-electron chi connectivity index (χ0n) is 22.4. The first-order chi connectivity index (χ1) is 18.3. The lowest BCUT2D eigenvalue weighted by atomic mass is 9.83. The van der Waals surface area contributed by atoms with Crippen LogP contribution in [0.1, 0.15) is 41.0 Å². The smallest absolute Gasteiger partial charge is 0.337 e. The van der Waals surface area contributed by atoms with E-state index in [4.69, 9.17) is 37.9 Å². The van der Waals surface area contributed by atoms with Gasteiger partial charge in [-0.3, -0.25) is 24.0 Å². The van der Waals surface area contributed by atoms with E-state index >= 15 is 0 Å². The van der Waals surface area contributed by atoms with Crippen LogP contribution in [0.4, 0.5) is 0 Å². The fourth-order valence-corrected chi connectivity index (χ4v) is 5.03. The first kappa shape index (κ1) is 30.0. The van der Waals surface area contributed by atoms with Crippen LogP contribution in [0.2, 0.25) is 0 Å². The van der Waals surface area contributed by atoms with E-state index < -0.39 is 91.2 Å². The molecule has 0 spiro atoms. The van der Waals surface area contributed by atoms with Crippen LogP contribution in [0.15, 0.2) is 11.8 Å². The summed E-state index contributed by atoms with van der Waals surface area (Å²) in [6, 6.07) is 0. The van der Waals surface area contributed by atoms with Crippen LogP contribution in [0.3, 0.4) is 0 Å². The topological polar surface area (TPSA) is 176 Å². The van der Waals surface area contributed by atoms with Crippen molar-refractivity contribution in [1.82, 2.24) is 0 Å². The van der Waals surface area contributed by atoms with Gasteiger partial charge in [-0.2, -0.15) is 0 Å². The Hall–Kier alpha value is -3.52. The average molecular weight is 557 g/mol. The second kappa shape index (κ2) is 12.6. The van der Waals surface area contributed by atoms with Gasteiger partial charge in [0.2, 0.25) is 12.6 Å². The quantitative estimate of drug-likeness (QED) is 0.295. The fraction of sp³-hybridized carbons (Fsp3) is 0.680. The Bertz CT molecular complexity index is 1030. The summed E-state index contributed by atoms with van der Waals surface area (Å²) < 4.78 is 43.8. The van der Waals surface area contributed by atoms with Gasteiger partial charge in [0.1, 0.15) is 18.5 Å². The Kier molecular flexibility index (Phi) is 9.67. The van der Waals surface area contributed by atoms with Crippen LogP contribution in [-0.2, 0) is 66.7 Å². The number of ether oxygens (including phenoxy) is 8. The molecule has 216 valence electrons. The van der Waals surface area contributed by atoms with E-state index in [0.29, 0.717) is 0 Å². The standard InChI is InChI=1S/C25H32O14/c1-10-17(30)7-15-16(23(31)32-6)8-34-24(19(10)15)39-25-22(37-14(5)29)21(36-13(4)28)20(35-12(3)27)18(38-25)9-33-11(2)26/h8,10,15,18-22,24-25H,7,9H2,1-6H3. The number of hydrogen-bond donors (Lipinski definition) is 0. The molecule has 2 heterocycles. The summed E-state index contributed by atoms with van der Waals surface area (Å²) in [6.45, 7) is 5.70. The van der Waals surface area contributed by atoms with E-state index in [0.717, 1.165) is 34.0 Å². The van der Waals surface area contributed by atoms with Gasteiger partial charge in [-0.15, -0.1) is 0 Å². The lowest BCUT2D eigenvalue weighted by Crippen LogP contribution is -2.63. The lowest BCUT2D eigenvalue weighted by molar-refractivity contribution is -0.344. The maximum atomic E-state index is 12.6. The van der Waals surface area contributed by atoms with Crippen molar-refractivity contribution in [2.75, 3.05) is 13.7 Å². The molecule has 2 fully saturated rings. The largest absolute Gasteiger partial charge is 0.472 e. The molecule has 9 unspecified atom stereocenters. The van der Waals surface area contributed by atoms with Gasteiger partial charge in [-0.05, 0) is 0 Å². The molecule has 2 aliphatic heterocycles. The molecule has 1 aliphatic carbocycles. The number of methoxy groups -OCH3 is 1. The SMILES string of the molecule is COC(=O)C1=COC(OC2OC(COC(C)=O)C(OC(C)=O)C(OC(C)=O)C2OC(C)=O)C2C(C)C(=O)CC12. The molecule has 1 saturated heterocycles. The van der Waals surface area contributed by atoms with Crippen molar-refractivity contribution in [2.45, 2.75) is 78.0 Å². The van der Waals surface area contributed by atoms with Crippen LogP contribution >= 0.6 is 0 Å². The first-order valence-corrected chi connectivity index (χ1v) is 12.3. The van der Waals surface area contributed by atoms with Gasteiger partial charge in [0.15, 0.2) is 18.3 Å². The van der Waals surface area contributed by atoms with Crippen LogP contribution in [0.5, 0.6) is 0 Å². The van der Waals surface area contributed by atoms with Crippen LogP contribution in [0.25, 0.3) is 0 Å². The van der Waals surface area contributed by atoms with E-state index in [2.05, 4.69) is 0 Å². The predicted octanol–water partition coefficient (Wildman–Crippen LogP) is 0.341. The Balaban J connectivity index is 2.00. The minimum Gasteiger partial charge on any atom is -0.472 e. The zero-order valence-corrected chi connectivity index (χ0v) is 22.4. The highest BCUT2D eigenvalue weighted by molar-refractivity contribution is 5.92. The van der Waals surface area contributed by atoms with E-state index in [1.807, 2.05) is 0 Å². The summed E-state index contributed by atoms with van der Waals surface area (Å²) >= 11 is 0. The number of hydrogen-bond acceptors (Lipinski definition) is 14. The van der Waals surface area contributed by atoms with Crippen molar-refractivity contribution >= 4 is 35.6 Å². The molecule has 0 bridgehead atoms. The van der Waals surface area contributed by atoms with Crippen molar-refractivity contribution in [3.63, 3.8) is 0 Å². The number of carbonyl (C=O) groups is 6. The highest BCUT2D eigenvalue weighted by Crippen LogP contribution is 2.46. The van der Waals surface area contributed by atoms with Crippen LogP contribution in [-0.4, -0.2) is 86.3 Å². The lowest BCUT2D eigenvalue weighted by Gasteiger charge is -2.45. The van der Waals surface area contributed by atoms with Gasteiger partial charge in [0.05, 0.1) is 18.9 Å². The minimum absolute atomic E-state index is 0.0502. The third-order valence-corrected chi connectivity index (χ3v) is 6.65. The van der Waals surface area contributed by atoms with Gasteiger partial charge in [-0.25, -0.2) is 4.79 Å². The normalized spacial score (nSPS) is 33.5. The summed E-state index contributed by atoms with van der Waals surface area (Å²) in [4.78, 5) is 72.4. The second-order valence-corrected chi connectivity index (χ2v) is 9.42. The molecule has 14 nitrogen and oxygen atoms in total. The molecule has 0 N–H and O–H groups in total. The Labute approximate surface area is 224 Å². The van der Waals surface area contributed by atoms with Gasteiger partial charge in [-0.1, -0.05) is 6.92 Å². The summed E-state index contributed by atoms with van der Waals surface area (Å²) in [5.41, 5.74) is 0.168. The third kappa shape index (κ3) is 6.92. The summed E-state index contributed by atoms with van der Waals surface area (Å²) in [7, 11) is 1.21. The molecule has 3 aliphatic rings. The van der Waals surface area contributed by atoms with Crippen molar-refractivity contribution < 1.29 is 66.7 Å². The number of esters is 5. The van der Waals surface area contributed by atoms with Crippen molar-refractivity contribution in [1.29, 1.82) is 0 Å². The van der Waals surface area contributed by atoms with Crippen molar-refractivity contribution in [3.05, 3.63) is 11.8 Å². The van der Waals surface area contributed by atoms with Gasteiger partial charge >= 0.3 is 29.8 Å². The van der Waals surface area contributed by atoms with Gasteiger partial charge in [0, 0.05) is 51.9 Å². The Morgan fingerprint density at radius 3 is 2.03 bits per heavy atom. The highest BCUT2D eigenvalue weighted by Gasteiger charge is 2.56. The molecular weight excluding hydrogens is 524 g/mol. The Morgan fingerprint density at radius 1 is 0.872 bits per heavy atom. The third-order valence-electron chi connectivity index (χ3n) is 6.65. The number of fused-ring (bicyclic) bond motifs is 1. The molecule has 39 heavy (non-hydrogen) atoms. The molecule has 0 aromatic rings. The fourth-order valence-electron chi connectivity index (χ4n) is 5.03. The van der Waals surface area contributed by atoms with Crippen LogP contribution < -0.4 is 0 Å². The number of carbonyl (C=O) groups excluding carboxylic acids is 6. The molecule has 1 saturated carbocycles. The molecule has 3 rings (SSSR count). The van der Waals surface area contributed by atoms with Crippen molar-refractivity contribution in [3.8, 4) is 0 Å². The molecule has 9 atom stereocenters. The average Bonchev–Trinajstić information content (AvgIpc) is 3.14. The molecule has 0 radical (unpaired) electrons. The van der Waals surface area contributed by atoms with Gasteiger partial charge in [0.25, 0.3) is 0 Å². The maximum Gasteiger partial charge on any atom is 0.337 e. The molecule has 14 heteroatoms. The van der Waals surface area contributed by atoms with Crippen molar-refractivity contribution in [2.24, 2.45) is 17.8 Å². The first-order valence-electron chi connectivity index (χ1n) is 12.3.